The van der Waals surface area contributed by atoms with Gasteiger partial charge in [-0.2, -0.15) is 0 Å². The standard InChI is InChI=1S/C16H20N2O2/c1-11-14(13-4-2-3-5-15(13)17-11)8-16(20)18-7-6-12(9-18)10-19/h2-5,12,17,19H,6-10H2,1H3. The van der Waals surface area contributed by atoms with Gasteiger partial charge in [0.05, 0.1) is 6.42 Å². The fraction of sp³-hybridized carbons (Fsp3) is 0.438. The van der Waals surface area contributed by atoms with Gasteiger partial charge in [0.1, 0.15) is 0 Å². The van der Waals surface area contributed by atoms with Crippen molar-refractivity contribution in [3.8, 4) is 0 Å². The molecule has 1 aliphatic rings. The number of rotatable bonds is 3. The van der Waals surface area contributed by atoms with Gasteiger partial charge in [-0.05, 0) is 25.0 Å². The fourth-order valence-corrected chi connectivity index (χ4v) is 3.03. The molecule has 4 heteroatoms. The van der Waals surface area contributed by atoms with Crippen LogP contribution in [0.5, 0.6) is 0 Å². The van der Waals surface area contributed by atoms with Crippen molar-refractivity contribution in [1.82, 2.24) is 9.88 Å². The number of aliphatic hydroxyl groups excluding tert-OH is 1. The van der Waals surface area contributed by atoms with Crippen molar-refractivity contribution < 1.29 is 9.90 Å². The van der Waals surface area contributed by atoms with E-state index in [1.165, 1.54) is 0 Å². The Kier molecular flexibility index (Phi) is 3.49. The van der Waals surface area contributed by atoms with E-state index in [9.17, 15) is 4.79 Å². The van der Waals surface area contributed by atoms with Crippen molar-refractivity contribution in [3.05, 3.63) is 35.5 Å². The van der Waals surface area contributed by atoms with Crippen molar-refractivity contribution in [2.75, 3.05) is 19.7 Å². The van der Waals surface area contributed by atoms with E-state index in [1.807, 2.05) is 30.0 Å². The second-order valence-corrected chi connectivity index (χ2v) is 5.63. The lowest BCUT2D eigenvalue weighted by molar-refractivity contribution is -0.129. The Balaban J connectivity index is 1.79. The van der Waals surface area contributed by atoms with Crippen molar-refractivity contribution in [1.29, 1.82) is 0 Å². The predicted molar refractivity (Wildman–Crippen MR) is 78.5 cm³/mol. The number of nitrogens with zero attached hydrogens (tertiary/aromatic N) is 1. The smallest absolute Gasteiger partial charge is 0.227 e. The molecular weight excluding hydrogens is 252 g/mol. The number of carbonyl (C=O) groups excluding carboxylic acids is 1. The molecule has 0 spiro atoms. The van der Waals surface area contributed by atoms with Crippen LogP contribution >= 0.6 is 0 Å². The molecule has 1 fully saturated rings. The Morgan fingerprint density at radius 2 is 2.25 bits per heavy atom. The van der Waals surface area contributed by atoms with Gasteiger partial charge in [-0.1, -0.05) is 18.2 Å². The summed E-state index contributed by atoms with van der Waals surface area (Å²) >= 11 is 0. The van der Waals surface area contributed by atoms with E-state index in [4.69, 9.17) is 5.11 Å². The monoisotopic (exact) mass is 272 g/mol. The second-order valence-electron chi connectivity index (χ2n) is 5.63. The summed E-state index contributed by atoms with van der Waals surface area (Å²) in [6.07, 6.45) is 1.35. The Morgan fingerprint density at radius 3 is 3.00 bits per heavy atom. The first-order valence-electron chi connectivity index (χ1n) is 7.14. The van der Waals surface area contributed by atoms with E-state index in [-0.39, 0.29) is 18.4 Å². The molecule has 1 aliphatic heterocycles. The van der Waals surface area contributed by atoms with Crippen LogP contribution in [0.4, 0.5) is 0 Å². The normalized spacial score (nSPS) is 18.9. The largest absolute Gasteiger partial charge is 0.396 e. The van der Waals surface area contributed by atoms with E-state index in [0.29, 0.717) is 13.0 Å². The van der Waals surface area contributed by atoms with E-state index in [0.717, 1.165) is 35.1 Å². The number of hydrogen-bond acceptors (Lipinski definition) is 2. The molecule has 1 unspecified atom stereocenters. The molecule has 0 saturated carbocycles. The van der Waals surface area contributed by atoms with Crippen molar-refractivity contribution in [2.45, 2.75) is 19.8 Å². The maximum atomic E-state index is 12.4. The molecule has 1 amide bonds. The molecular formula is C16H20N2O2. The van der Waals surface area contributed by atoms with Crippen LogP contribution in [-0.2, 0) is 11.2 Å². The second kappa shape index (κ2) is 5.29. The number of para-hydroxylation sites is 1. The molecule has 1 aromatic carbocycles. The lowest BCUT2D eigenvalue weighted by Crippen LogP contribution is -2.30. The van der Waals surface area contributed by atoms with Crippen LogP contribution in [0.2, 0.25) is 0 Å². The molecule has 106 valence electrons. The summed E-state index contributed by atoms with van der Waals surface area (Å²) in [4.78, 5) is 17.6. The fourth-order valence-electron chi connectivity index (χ4n) is 3.03. The molecule has 1 aromatic heterocycles. The van der Waals surface area contributed by atoms with Crippen LogP contribution in [0.3, 0.4) is 0 Å². The van der Waals surface area contributed by atoms with Crippen LogP contribution in [0, 0.1) is 12.8 Å². The number of aryl methyl sites for hydroxylation is 1. The summed E-state index contributed by atoms with van der Waals surface area (Å²) < 4.78 is 0. The van der Waals surface area contributed by atoms with E-state index in [2.05, 4.69) is 11.1 Å². The SMILES string of the molecule is Cc1[nH]c2ccccc2c1CC(=O)N1CCC(CO)C1. The minimum atomic E-state index is 0.161. The average molecular weight is 272 g/mol. The quantitative estimate of drug-likeness (QED) is 0.896. The van der Waals surface area contributed by atoms with Crippen LogP contribution in [-0.4, -0.2) is 40.6 Å². The summed E-state index contributed by atoms with van der Waals surface area (Å²) in [6.45, 7) is 3.65. The van der Waals surface area contributed by atoms with E-state index < -0.39 is 0 Å². The number of aliphatic hydroxyl groups is 1. The maximum absolute atomic E-state index is 12.4. The third-order valence-corrected chi connectivity index (χ3v) is 4.25. The first-order chi connectivity index (χ1) is 9.69. The predicted octanol–water partition coefficient (Wildman–Crippen LogP) is 1.86. The number of benzene rings is 1. The minimum absolute atomic E-state index is 0.161. The van der Waals surface area contributed by atoms with Gasteiger partial charge in [0, 0.05) is 42.2 Å². The lowest BCUT2D eigenvalue weighted by atomic mass is 10.1. The Morgan fingerprint density at radius 1 is 1.45 bits per heavy atom. The molecule has 2 N–H and O–H groups in total. The van der Waals surface area contributed by atoms with Crippen LogP contribution in [0.1, 0.15) is 17.7 Å². The van der Waals surface area contributed by atoms with E-state index in [1.54, 1.807) is 0 Å². The molecule has 1 saturated heterocycles. The number of hydrogen-bond donors (Lipinski definition) is 2. The molecule has 3 rings (SSSR count). The first-order valence-corrected chi connectivity index (χ1v) is 7.14. The lowest BCUT2D eigenvalue weighted by Gasteiger charge is -2.16. The number of aromatic nitrogens is 1. The third kappa shape index (κ3) is 2.31. The number of amides is 1. The number of nitrogens with one attached hydrogen (secondary N) is 1. The van der Waals surface area contributed by atoms with Gasteiger partial charge in [-0.3, -0.25) is 4.79 Å². The Labute approximate surface area is 118 Å². The van der Waals surface area contributed by atoms with Crippen LogP contribution in [0.25, 0.3) is 10.9 Å². The average Bonchev–Trinajstić information content (AvgIpc) is 3.04. The highest BCUT2D eigenvalue weighted by molar-refractivity contribution is 5.90. The van der Waals surface area contributed by atoms with Gasteiger partial charge >= 0.3 is 0 Å². The maximum Gasteiger partial charge on any atom is 0.227 e. The minimum Gasteiger partial charge on any atom is -0.396 e. The molecule has 2 heterocycles. The highest BCUT2D eigenvalue weighted by Crippen LogP contribution is 2.24. The molecule has 0 radical (unpaired) electrons. The van der Waals surface area contributed by atoms with Gasteiger partial charge in [-0.15, -0.1) is 0 Å². The number of fused-ring (bicyclic) bond motifs is 1. The zero-order chi connectivity index (χ0) is 14.1. The zero-order valence-corrected chi connectivity index (χ0v) is 11.7. The summed E-state index contributed by atoms with van der Waals surface area (Å²) in [7, 11) is 0. The molecule has 1 atom stereocenters. The molecule has 4 nitrogen and oxygen atoms in total. The van der Waals surface area contributed by atoms with E-state index >= 15 is 0 Å². The van der Waals surface area contributed by atoms with Crippen LogP contribution in [0.15, 0.2) is 24.3 Å². The van der Waals surface area contributed by atoms with Crippen molar-refractivity contribution >= 4 is 16.8 Å². The highest BCUT2D eigenvalue weighted by Gasteiger charge is 2.26. The van der Waals surface area contributed by atoms with Crippen molar-refractivity contribution in [3.63, 3.8) is 0 Å². The molecule has 0 bridgehead atoms. The van der Waals surface area contributed by atoms with Gasteiger partial charge < -0.3 is 15.0 Å². The zero-order valence-electron chi connectivity index (χ0n) is 11.7. The van der Waals surface area contributed by atoms with Crippen LogP contribution < -0.4 is 0 Å². The molecule has 2 aromatic rings. The third-order valence-electron chi connectivity index (χ3n) is 4.25. The molecule has 20 heavy (non-hydrogen) atoms. The van der Waals surface area contributed by atoms with Gasteiger partial charge in [0.2, 0.25) is 5.91 Å². The number of likely N-dealkylation sites (tertiary alicyclic amines) is 1. The summed E-state index contributed by atoms with van der Waals surface area (Å²) in [5.41, 5.74) is 3.25. The summed E-state index contributed by atoms with van der Waals surface area (Å²) in [5, 5.41) is 10.3. The topological polar surface area (TPSA) is 56.3 Å². The highest BCUT2D eigenvalue weighted by atomic mass is 16.3. The summed E-state index contributed by atoms with van der Waals surface area (Å²) in [5.74, 6) is 0.414. The Bertz CT molecular complexity index is 632. The molecule has 0 aliphatic carbocycles. The number of carbonyl (C=O) groups is 1. The first kappa shape index (κ1) is 13.2. The van der Waals surface area contributed by atoms with Gasteiger partial charge in [0.15, 0.2) is 0 Å². The van der Waals surface area contributed by atoms with Gasteiger partial charge in [-0.25, -0.2) is 0 Å². The van der Waals surface area contributed by atoms with Gasteiger partial charge in [0.25, 0.3) is 0 Å². The number of H-pyrrole nitrogens is 1. The van der Waals surface area contributed by atoms with Crippen molar-refractivity contribution in [2.24, 2.45) is 5.92 Å². The summed E-state index contributed by atoms with van der Waals surface area (Å²) in [6, 6.07) is 8.09. The number of aromatic amines is 1. The Hall–Kier alpha value is -1.81.